The van der Waals surface area contributed by atoms with E-state index in [4.69, 9.17) is 5.73 Å². The molecule has 4 heteroatoms. The van der Waals surface area contributed by atoms with Crippen LogP contribution in [-0.2, 0) is 0 Å². The molecule has 0 aromatic carbocycles. The predicted molar refractivity (Wildman–Crippen MR) is 86.0 cm³/mol. The van der Waals surface area contributed by atoms with Crippen molar-refractivity contribution in [3.63, 3.8) is 0 Å². The molecule has 2 N–H and O–H groups in total. The maximum absolute atomic E-state index is 6.43. The van der Waals surface area contributed by atoms with E-state index in [1.165, 1.54) is 32.4 Å². The van der Waals surface area contributed by atoms with Crippen LogP contribution in [0.1, 0.15) is 44.3 Å². The van der Waals surface area contributed by atoms with Crippen LogP contribution in [-0.4, -0.2) is 53.0 Å². The minimum atomic E-state index is 0.164. The molecule has 0 radical (unpaired) electrons. The van der Waals surface area contributed by atoms with Gasteiger partial charge in [-0.25, -0.2) is 0 Å². The summed E-state index contributed by atoms with van der Waals surface area (Å²) < 4.78 is 0. The van der Waals surface area contributed by atoms with E-state index >= 15 is 0 Å². The Morgan fingerprint density at radius 2 is 2.10 bits per heavy atom. The van der Waals surface area contributed by atoms with Crippen molar-refractivity contribution in [1.82, 2.24) is 14.8 Å². The first-order valence-corrected chi connectivity index (χ1v) is 8.44. The van der Waals surface area contributed by atoms with Gasteiger partial charge in [-0.3, -0.25) is 14.8 Å². The van der Waals surface area contributed by atoms with Gasteiger partial charge in [0.15, 0.2) is 0 Å². The van der Waals surface area contributed by atoms with Crippen molar-refractivity contribution in [1.29, 1.82) is 0 Å². The van der Waals surface area contributed by atoms with E-state index in [1.54, 1.807) is 0 Å². The summed E-state index contributed by atoms with van der Waals surface area (Å²) in [6.07, 6.45) is 6.90. The lowest BCUT2D eigenvalue weighted by Crippen LogP contribution is -2.42. The molecule has 3 unspecified atom stereocenters. The van der Waals surface area contributed by atoms with Crippen molar-refractivity contribution in [3.8, 4) is 0 Å². The third-order valence-corrected chi connectivity index (χ3v) is 5.11. The molecule has 0 aliphatic carbocycles. The lowest BCUT2D eigenvalue weighted by Gasteiger charge is -2.32. The smallest absolute Gasteiger partial charge is 0.0674 e. The molecule has 3 heterocycles. The average molecular weight is 288 g/mol. The number of nitrogens with two attached hydrogens (primary N) is 1. The number of rotatable bonds is 5. The minimum absolute atomic E-state index is 0.164. The molecule has 3 atom stereocenters. The van der Waals surface area contributed by atoms with Gasteiger partial charge in [0.1, 0.15) is 0 Å². The molecular formula is C17H28N4. The minimum Gasteiger partial charge on any atom is -0.326 e. The van der Waals surface area contributed by atoms with Gasteiger partial charge in [0, 0.05) is 31.4 Å². The van der Waals surface area contributed by atoms with Crippen LogP contribution < -0.4 is 5.73 Å². The van der Waals surface area contributed by atoms with Gasteiger partial charge in [0.05, 0.1) is 11.7 Å². The molecule has 2 aliphatic heterocycles. The molecule has 116 valence electrons. The zero-order valence-corrected chi connectivity index (χ0v) is 13.1. The first-order chi connectivity index (χ1) is 10.3. The number of hydrogen-bond acceptors (Lipinski definition) is 4. The Labute approximate surface area is 128 Å². The molecule has 0 bridgehead atoms. The van der Waals surface area contributed by atoms with Gasteiger partial charge in [-0.15, -0.1) is 0 Å². The van der Waals surface area contributed by atoms with Gasteiger partial charge < -0.3 is 5.73 Å². The van der Waals surface area contributed by atoms with Crippen molar-refractivity contribution in [2.24, 2.45) is 5.73 Å². The fourth-order valence-electron chi connectivity index (χ4n) is 3.88. The summed E-state index contributed by atoms with van der Waals surface area (Å²) >= 11 is 0. The van der Waals surface area contributed by atoms with E-state index in [9.17, 15) is 0 Å². The highest BCUT2D eigenvalue weighted by Crippen LogP contribution is 2.30. The normalized spacial score (nSPS) is 27.0. The Morgan fingerprint density at radius 1 is 1.29 bits per heavy atom. The lowest BCUT2D eigenvalue weighted by molar-refractivity contribution is 0.177. The van der Waals surface area contributed by atoms with Crippen LogP contribution in [0.15, 0.2) is 24.4 Å². The third-order valence-electron chi connectivity index (χ3n) is 5.11. The van der Waals surface area contributed by atoms with Crippen molar-refractivity contribution in [2.45, 2.75) is 50.7 Å². The van der Waals surface area contributed by atoms with Crippen molar-refractivity contribution in [2.75, 3.05) is 26.2 Å². The second-order valence-electron chi connectivity index (χ2n) is 6.45. The Morgan fingerprint density at radius 3 is 2.76 bits per heavy atom. The van der Waals surface area contributed by atoms with E-state index in [1.807, 2.05) is 12.3 Å². The van der Waals surface area contributed by atoms with Crippen LogP contribution >= 0.6 is 0 Å². The van der Waals surface area contributed by atoms with Gasteiger partial charge in [-0.1, -0.05) is 13.0 Å². The Balaban J connectivity index is 1.72. The maximum atomic E-state index is 6.43. The SMILES string of the molecule is CCC(N)C(c1ccccn1)N1CCC(N2CCCC2)C1. The van der Waals surface area contributed by atoms with Crippen LogP contribution in [0.4, 0.5) is 0 Å². The molecule has 3 rings (SSSR count). The summed E-state index contributed by atoms with van der Waals surface area (Å²) in [6, 6.07) is 7.34. The highest BCUT2D eigenvalue weighted by molar-refractivity contribution is 5.12. The molecule has 21 heavy (non-hydrogen) atoms. The fraction of sp³-hybridized carbons (Fsp3) is 0.706. The Hall–Kier alpha value is -0.970. The summed E-state index contributed by atoms with van der Waals surface area (Å²) in [7, 11) is 0. The van der Waals surface area contributed by atoms with Crippen molar-refractivity contribution >= 4 is 0 Å². The van der Waals surface area contributed by atoms with E-state index < -0.39 is 0 Å². The molecule has 0 saturated carbocycles. The fourth-order valence-corrected chi connectivity index (χ4v) is 3.88. The molecule has 4 nitrogen and oxygen atoms in total. The molecule has 2 aliphatic rings. The van der Waals surface area contributed by atoms with Crippen molar-refractivity contribution in [3.05, 3.63) is 30.1 Å². The highest BCUT2D eigenvalue weighted by atomic mass is 15.3. The number of pyridine rings is 1. The zero-order valence-electron chi connectivity index (χ0n) is 13.1. The summed E-state index contributed by atoms with van der Waals surface area (Å²) in [5.74, 6) is 0. The number of hydrogen-bond donors (Lipinski definition) is 1. The molecular weight excluding hydrogens is 260 g/mol. The summed E-state index contributed by atoms with van der Waals surface area (Å²) in [5.41, 5.74) is 7.57. The van der Waals surface area contributed by atoms with Gasteiger partial charge in [-0.2, -0.15) is 0 Å². The maximum Gasteiger partial charge on any atom is 0.0674 e. The van der Waals surface area contributed by atoms with E-state index in [2.05, 4.69) is 33.8 Å². The van der Waals surface area contributed by atoms with Gasteiger partial charge in [0.25, 0.3) is 0 Å². The monoisotopic (exact) mass is 288 g/mol. The van der Waals surface area contributed by atoms with Gasteiger partial charge in [-0.05, 0) is 50.9 Å². The first kappa shape index (κ1) is 14.9. The molecule has 2 saturated heterocycles. The second kappa shape index (κ2) is 6.86. The van der Waals surface area contributed by atoms with Crippen LogP contribution in [0, 0.1) is 0 Å². The van der Waals surface area contributed by atoms with Crippen LogP contribution in [0.25, 0.3) is 0 Å². The molecule has 2 fully saturated rings. The molecule has 1 aromatic rings. The summed E-state index contributed by atoms with van der Waals surface area (Å²) in [5, 5.41) is 0. The highest BCUT2D eigenvalue weighted by Gasteiger charge is 2.35. The second-order valence-corrected chi connectivity index (χ2v) is 6.45. The largest absolute Gasteiger partial charge is 0.326 e. The summed E-state index contributed by atoms with van der Waals surface area (Å²) in [6.45, 7) is 7.04. The standard InChI is InChI=1S/C17H28N4/c1-2-15(18)17(16-7-3-4-9-19-16)21-12-8-14(13-21)20-10-5-6-11-20/h3-4,7,9,14-15,17H,2,5-6,8,10-13,18H2,1H3. The Kier molecular flexibility index (Phi) is 4.88. The molecule has 1 aromatic heterocycles. The van der Waals surface area contributed by atoms with Crippen LogP contribution in [0.2, 0.25) is 0 Å². The van der Waals surface area contributed by atoms with Crippen molar-refractivity contribution < 1.29 is 0 Å². The lowest BCUT2D eigenvalue weighted by atomic mass is 10.0. The van der Waals surface area contributed by atoms with Crippen LogP contribution in [0.5, 0.6) is 0 Å². The zero-order chi connectivity index (χ0) is 14.7. The molecule has 0 amide bonds. The van der Waals surface area contributed by atoms with E-state index in [0.717, 1.165) is 31.2 Å². The van der Waals surface area contributed by atoms with E-state index in [0.29, 0.717) is 0 Å². The number of nitrogens with zero attached hydrogens (tertiary/aromatic N) is 3. The summed E-state index contributed by atoms with van der Waals surface area (Å²) in [4.78, 5) is 9.82. The first-order valence-electron chi connectivity index (χ1n) is 8.44. The van der Waals surface area contributed by atoms with Crippen LogP contribution in [0.3, 0.4) is 0 Å². The van der Waals surface area contributed by atoms with Gasteiger partial charge >= 0.3 is 0 Å². The predicted octanol–water partition coefficient (Wildman–Crippen LogP) is 2.03. The number of likely N-dealkylation sites (tertiary alicyclic amines) is 2. The third kappa shape index (κ3) is 3.28. The molecule has 0 spiro atoms. The number of aromatic nitrogens is 1. The average Bonchev–Trinajstić information content (AvgIpc) is 3.19. The topological polar surface area (TPSA) is 45.4 Å². The van der Waals surface area contributed by atoms with E-state index in [-0.39, 0.29) is 12.1 Å². The quantitative estimate of drug-likeness (QED) is 0.900. The van der Waals surface area contributed by atoms with Gasteiger partial charge in [0.2, 0.25) is 0 Å². The Bertz CT molecular complexity index is 430.